The van der Waals surface area contributed by atoms with E-state index >= 15 is 0 Å². The van der Waals surface area contributed by atoms with Gasteiger partial charge >= 0.3 is 0 Å². The van der Waals surface area contributed by atoms with E-state index in [1.807, 2.05) is 92.6 Å². The molecule has 0 bridgehead atoms. The Labute approximate surface area is 179 Å². The van der Waals surface area contributed by atoms with Gasteiger partial charge in [-0.1, -0.05) is 30.3 Å². The maximum Gasteiger partial charge on any atom is 0.185 e. The summed E-state index contributed by atoms with van der Waals surface area (Å²) in [6.07, 6.45) is 7.58. The Balaban J connectivity index is 1.77. The zero-order valence-corrected chi connectivity index (χ0v) is 18.2. The Morgan fingerprint density at radius 1 is 0.833 bits per heavy atom. The van der Waals surface area contributed by atoms with Crippen molar-refractivity contribution in [3.8, 4) is 0 Å². The van der Waals surface area contributed by atoms with Crippen molar-refractivity contribution < 1.29 is 9.90 Å². The summed E-state index contributed by atoms with van der Waals surface area (Å²) in [7, 11) is 8.00. The topological polar surface area (TPSA) is 43.8 Å². The van der Waals surface area contributed by atoms with Crippen molar-refractivity contribution in [1.29, 1.82) is 0 Å². The molecule has 0 saturated carbocycles. The fourth-order valence-corrected chi connectivity index (χ4v) is 3.49. The average Bonchev–Trinajstić information content (AvgIpc) is 2.74. The smallest absolute Gasteiger partial charge is 0.185 e. The van der Waals surface area contributed by atoms with Gasteiger partial charge in [-0.2, -0.15) is 0 Å². The molecule has 0 aromatic heterocycles. The van der Waals surface area contributed by atoms with Crippen molar-refractivity contribution in [2.75, 3.05) is 38.0 Å². The van der Waals surface area contributed by atoms with Crippen LogP contribution in [0.3, 0.4) is 0 Å². The van der Waals surface area contributed by atoms with Gasteiger partial charge in [0.15, 0.2) is 5.78 Å². The first-order chi connectivity index (χ1) is 14.3. The number of benzene rings is 2. The standard InChI is InChI=1S/C26H30N2O2/c1-27(2)22-13-8-19(9-14-22)12-17-25(29)24-7-5-6-21(26(24)30)18-20-10-15-23(16-11-20)28(3)4/h8-18,30H,5-7H2,1-4H3/b17-12+,21-18+. The lowest BCUT2D eigenvalue weighted by molar-refractivity contribution is -0.111. The Bertz CT molecular complexity index is 979. The monoisotopic (exact) mass is 402 g/mol. The molecule has 4 nitrogen and oxygen atoms in total. The number of rotatable bonds is 6. The molecule has 156 valence electrons. The summed E-state index contributed by atoms with van der Waals surface area (Å²) in [5, 5.41) is 10.7. The Hall–Kier alpha value is -3.27. The summed E-state index contributed by atoms with van der Waals surface area (Å²) < 4.78 is 0. The fourth-order valence-electron chi connectivity index (χ4n) is 3.49. The highest BCUT2D eigenvalue weighted by molar-refractivity contribution is 6.07. The second kappa shape index (κ2) is 9.49. The number of anilines is 2. The van der Waals surface area contributed by atoms with Crippen LogP contribution in [0.2, 0.25) is 0 Å². The maximum atomic E-state index is 12.7. The Kier molecular flexibility index (Phi) is 6.78. The largest absolute Gasteiger partial charge is 0.507 e. The minimum atomic E-state index is -0.127. The molecule has 0 amide bonds. The molecule has 2 aromatic rings. The van der Waals surface area contributed by atoms with Crippen LogP contribution in [-0.4, -0.2) is 39.1 Å². The number of aliphatic hydroxyl groups is 1. The number of ketones is 1. The van der Waals surface area contributed by atoms with Gasteiger partial charge in [0.1, 0.15) is 5.76 Å². The van der Waals surface area contributed by atoms with Crippen LogP contribution in [0.25, 0.3) is 12.2 Å². The van der Waals surface area contributed by atoms with Crippen LogP contribution < -0.4 is 9.80 Å². The summed E-state index contributed by atoms with van der Waals surface area (Å²) in [6, 6.07) is 16.2. The molecule has 30 heavy (non-hydrogen) atoms. The van der Waals surface area contributed by atoms with E-state index in [1.165, 1.54) is 0 Å². The van der Waals surface area contributed by atoms with Crippen molar-refractivity contribution in [2.24, 2.45) is 0 Å². The Morgan fingerprint density at radius 3 is 1.90 bits per heavy atom. The van der Waals surface area contributed by atoms with Crippen LogP contribution in [0.4, 0.5) is 11.4 Å². The summed E-state index contributed by atoms with van der Waals surface area (Å²) in [4.78, 5) is 16.8. The molecule has 4 heteroatoms. The molecule has 3 rings (SSSR count). The van der Waals surface area contributed by atoms with Gasteiger partial charge in [0.25, 0.3) is 0 Å². The van der Waals surface area contributed by atoms with Gasteiger partial charge in [0.05, 0.1) is 0 Å². The summed E-state index contributed by atoms with van der Waals surface area (Å²) in [6.45, 7) is 0. The van der Waals surface area contributed by atoms with Gasteiger partial charge in [0, 0.05) is 45.1 Å². The van der Waals surface area contributed by atoms with Crippen molar-refractivity contribution in [2.45, 2.75) is 19.3 Å². The molecule has 0 aliphatic heterocycles. The van der Waals surface area contributed by atoms with Gasteiger partial charge in [-0.15, -0.1) is 0 Å². The van der Waals surface area contributed by atoms with Crippen molar-refractivity contribution in [1.82, 2.24) is 0 Å². The van der Waals surface area contributed by atoms with Gasteiger partial charge < -0.3 is 14.9 Å². The molecule has 1 N–H and O–H groups in total. The molecule has 0 heterocycles. The molecule has 1 aliphatic carbocycles. The first-order valence-corrected chi connectivity index (χ1v) is 10.3. The second-order valence-electron chi connectivity index (χ2n) is 8.02. The molecular weight excluding hydrogens is 372 g/mol. The highest BCUT2D eigenvalue weighted by Gasteiger charge is 2.20. The second-order valence-corrected chi connectivity index (χ2v) is 8.02. The van der Waals surface area contributed by atoms with E-state index < -0.39 is 0 Å². The molecule has 0 unspecified atom stereocenters. The average molecular weight is 403 g/mol. The van der Waals surface area contributed by atoms with Crippen LogP contribution in [0.5, 0.6) is 0 Å². The van der Waals surface area contributed by atoms with E-state index in [-0.39, 0.29) is 11.5 Å². The number of allylic oxidation sites excluding steroid dienone is 3. The maximum absolute atomic E-state index is 12.7. The first kappa shape index (κ1) is 21.4. The summed E-state index contributed by atoms with van der Waals surface area (Å²) in [5.41, 5.74) is 5.54. The van der Waals surface area contributed by atoms with Crippen LogP contribution in [0.15, 0.2) is 71.5 Å². The summed E-state index contributed by atoms with van der Waals surface area (Å²) >= 11 is 0. The highest BCUT2D eigenvalue weighted by Crippen LogP contribution is 2.30. The fraction of sp³-hybridized carbons (Fsp3) is 0.269. The van der Waals surface area contributed by atoms with Crippen LogP contribution in [0, 0.1) is 0 Å². The van der Waals surface area contributed by atoms with Gasteiger partial charge in [-0.25, -0.2) is 0 Å². The summed E-state index contributed by atoms with van der Waals surface area (Å²) in [5.74, 6) is 0.00767. The normalized spacial score (nSPS) is 15.7. The first-order valence-electron chi connectivity index (χ1n) is 10.3. The van der Waals surface area contributed by atoms with Crippen LogP contribution in [-0.2, 0) is 4.79 Å². The number of hydrogen-bond donors (Lipinski definition) is 1. The van der Waals surface area contributed by atoms with E-state index in [2.05, 4.69) is 0 Å². The van der Waals surface area contributed by atoms with E-state index in [4.69, 9.17) is 0 Å². The third-order valence-corrected chi connectivity index (χ3v) is 5.35. The lowest BCUT2D eigenvalue weighted by atomic mass is 9.89. The Morgan fingerprint density at radius 2 is 1.37 bits per heavy atom. The number of carbonyl (C=O) groups excluding carboxylic acids is 1. The zero-order chi connectivity index (χ0) is 21.7. The zero-order valence-electron chi connectivity index (χ0n) is 18.2. The number of hydrogen-bond acceptors (Lipinski definition) is 4. The van der Waals surface area contributed by atoms with Crippen LogP contribution >= 0.6 is 0 Å². The van der Waals surface area contributed by atoms with Crippen molar-refractivity contribution in [3.63, 3.8) is 0 Å². The molecular formula is C26H30N2O2. The lowest BCUT2D eigenvalue weighted by Gasteiger charge is -2.18. The number of carbonyl (C=O) groups is 1. The van der Waals surface area contributed by atoms with Gasteiger partial charge in [-0.05, 0) is 72.4 Å². The molecule has 0 atom stereocenters. The third-order valence-electron chi connectivity index (χ3n) is 5.35. The minimum absolute atomic E-state index is 0.127. The highest BCUT2D eigenvalue weighted by atomic mass is 16.3. The molecule has 0 radical (unpaired) electrons. The third kappa shape index (κ3) is 5.20. The van der Waals surface area contributed by atoms with Gasteiger partial charge in [-0.3, -0.25) is 4.79 Å². The number of nitrogens with zero attached hydrogens (tertiary/aromatic N) is 2. The predicted octanol–water partition coefficient (Wildman–Crippen LogP) is 5.48. The van der Waals surface area contributed by atoms with E-state index in [0.717, 1.165) is 40.9 Å². The van der Waals surface area contributed by atoms with E-state index in [0.29, 0.717) is 12.0 Å². The predicted molar refractivity (Wildman–Crippen MR) is 127 cm³/mol. The molecule has 0 spiro atoms. The lowest BCUT2D eigenvalue weighted by Crippen LogP contribution is -2.10. The van der Waals surface area contributed by atoms with Crippen molar-refractivity contribution >= 4 is 29.3 Å². The molecule has 2 aromatic carbocycles. The molecule has 0 fully saturated rings. The minimum Gasteiger partial charge on any atom is -0.507 e. The van der Waals surface area contributed by atoms with Crippen LogP contribution in [0.1, 0.15) is 30.4 Å². The van der Waals surface area contributed by atoms with Crippen molar-refractivity contribution in [3.05, 3.63) is 82.6 Å². The van der Waals surface area contributed by atoms with E-state index in [1.54, 1.807) is 12.2 Å². The SMILES string of the molecule is CN(C)c1ccc(/C=C/C(=O)C2=C(O)/C(=C/c3ccc(N(C)C)cc3)CCC2)cc1. The molecule has 1 aliphatic rings. The number of aliphatic hydroxyl groups excluding tert-OH is 1. The quantitative estimate of drug-likeness (QED) is 0.650. The van der Waals surface area contributed by atoms with Gasteiger partial charge in [0.2, 0.25) is 0 Å². The van der Waals surface area contributed by atoms with E-state index in [9.17, 15) is 9.90 Å². The molecule has 0 saturated heterocycles.